The van der Waals surface area contributed by atoms with Crippen LogP contribution in [0.4, 0.5) is 0 Å². The maximum Gasteiger partial charge on any atom is 0.128 e. The van der Waals surface area contributed by atoms with Crippen LogP contribution >= 0.6 is 0 Å². The van der Waals surface area contributed by atoms with Gasteiger partial charge in [0.25, 0.3) is 0 Å². The van der Waals surface area contributed by atoms with Crippen molar-refractivity contribution in [1.82, 2.24) is 14.8 Å². The van der Waals surface area contributed by atoms with Crippen LogP contribution in [0.3, 0.4) is 0 Å². The molecule has 5 nitrogen and oxygen atoms in total. The summed E-state index contributed by atoms with van der Waals surface area (Å²) in [5, 5.41) is 11.2. The Bertz CT molecular complexity index is 1080. The van der Waals surface area contributed by atoms with E-state index in [1.54, 1.807) is 0 Å². The summed E-state index contributed by atoms with van der Waals surface area (Å²) in [5.74, 6) is 1.20. The Hall–Kier alpha value is -2.94. The van der Waals surface area contributed by atoms with Crippen LogP contribution in [-0.4, -0.2) is 60.7 Å². The van der Waals surface area contributed by atoms with Gasteiger partial charge in [0.05, 0.1) is 17.0 Å². The molecule has 1 atom stereocenters. The van der Waals surface area contributed by atoms with Gasteiger partial charge < -0.3 is 9.64 Å². The molecule has 0 saturated carbocycles. The third kappa shape index (κ3) is 5.58. The van der Waals surface area contributed by atoms with E-state index in [9.17, 15) is 5.26 Å². The summed E-state index contributed by atoms with van der Waals surface area (Å²) in [6, 6.07) is 23.1. The third-order valence-electron chi connectivity index (χ3n) is 7.26. The lowest BCUT2D eigenvalue weighted by molar-refractivity contribution is 0.114. The SMILES string of the molecule is CC(C)C(C#N)(CCCN1CCN(CCOc2cccc3ncccc23)CC1)c1ccccc1. The smallest absolute Gasteiger partial charge is 0.128 e. The summed E-state index contributed by atoms with van der Waals surface area (Å²) < 4.78 is 6.10. The van der Waals surface area contributed by atoms with Crippen LogP contribution in [0.5, 0.6) is 5.75 Å². The topological polar surface area (TPSA) is 52.4 Å². The quantitative estimate of drug-likeness (QED) is 0.423. The monoisotopic (exact) mass is 456 g/mol. The van der Waals surface area contributed by atoms with Gasteiger partial charge in [-0.2, -0.15) is 5.26 Å². The van der Waals surface area contributed by atoms with Crippen molar-refractivity contribution in [2.45, 2.75) is 32.1 Å². The molecule has 178 valence electrons. The second-order valence-corrected chi connectivity index (χ2v) is 9.57. The van der Waals surface area contributed by atoms with E-state index in [0.29, 0.717) is 6.61 Å². The Labute approximate surface area is 204 Å². The fourth-order valence-corrected chi connectivity index (χ4v) is 5.06. The second-order valence-electron chi connectivity index (χ2n) is 9.57. The zero-order valence-corrected chi connectivity index (χ0v) is 20.5. The maximum absolute atomic E-state index is 10.1. The lowest BCUT2D eigenvalue weighted by Crippen LogP contribution is -2.47. The number of benzene rings is 2. The first-order chi connectivity index (χ1) is 16.6. The molecule has 2 heterocycles. The predicted octanol–water partition coefficient (Wildman–Crippen LogP) is 5.13. The summed E-state index contributed by atoms with van der Waals surface area (Å²) >= 11 is 0. The first-order valence-electron chi connectivity index (χ1n) is 12.5. The number of hydrogen-bond acceptors (Lipinski definition) is 5. The highest BCUT2D eigenvalue weighted by molar-refractivity contribution is 5.84. The molecule has 0 N–H and O–H groups in total. The average Bonchev–Trinajstić information content (AvgIpc) is 2.88. The molecule has 34 heavy (non-hydrogen) atoms. The molecule has 2 aromatic carbocycles. The molecule has 5 heteroatoms. The van der Waals surface area contributed by atoms with Crippen LogP contribution in [0.25, 0.3) is 10.9 Å². The van der Waals surface area contributed by atoms with Gasteiger partial charge in [0.2, 0.25) is 0 Å². The first kappa shape index (κ1) is 24.2. The van der Waals surface area contributed by atoms with Gasteiger partial charge in [-0.05, 0) is 55.1 Å². The highest BCUT2D eigenvalue weighted by atomic mass is 16.5. The second kappa shape index (κ2) is 11.5. The molecular weight excluding hydrogens is 420 g/mol. The largest absolute Gasteiger partial charge is 0.492 e. The Morgan fingerprint density at radius 2 is 1.68 bits per heavy atom. The van der Waals surface area contributed by atoms with Crippen molar-refractivity contribution in [3.05, 3.63) is 72.4 Å². The molecule has 0 aliphatic carbocycles. The van der Waals surface area contributed by atoms with Gasteiger partial charge in [0.15, 0.2) is 0 Å². The van der Waals surface area contributed by atoms with Crippen molar-refractivity contribution >= 4 is 10.9 Å². The number of aromatic nitrogens is 1. The van der Waals surface area contributed by atoms with Crippen molar-refractivity contribution in [1.29, 1.82) is 5.26 Å². The normalized spacial score (nSPS) is 16.9. The summed E-state index contributed by atoms with van der Waals surface area (Å²) in [4.78, 5) is 9.43. The molecule has 0 bridgehead atoms. The van der Waals surface area contributed by atoms with Crippen molar-refractivity contribution in [2.75, 3.05) is 45.9 Å². The summed E-state index contributed by atoms with van der Waals surface area (Å²) in [5.41, 5.74) is 1.72. The van der Waals surface area contributed by atoms with Crippen LogP contribution in [0.2, 0.25) is 0 Å². The molecule has 0 radical (unpaired) electrons. The van der Waals surface area contributed by atoms with E-state index in [4.69, 9.17) is 4.74 Å². The van der Waals surface area contributed by atoms with E-state index in [0.717, 1.165) is 74.3 Å². The van der Waals surface area contributed by atoms with Crippen LogP contribution in [0.15, 0.2) is 66.9 Å². The standard InChI is InChI=1S/C29H36N4O/c1-24(2)29(23-30,25-9-4-3-5-10-25)14-8-16-32-17-19-33(20-18-32)21-22-34-28-13-6-12-27-26(28)11-7-15-31-27/h3-7,9-13,15,24H,8,14,16-22H2,1-2H3. The minimum absolute atomic E-state index is 0.286. The highest BCUT2D eigenvalue weighted by Crippen LogP contribution is 2.36. The molecule has 1 saturated heterocycles. The lowest BCUT2D eigenvalue weighted by atomic mass is 9.70. The van der Waals surface area contributed by atoms with Crippen LogP contribution in [-0.2, 0) is 5.41 Å². The van der Waals surface area contributed by atoms with Gasteiger partial charge in [-0.3, -0.25) is 9.88 Å². The Morgan fingerprint density at radius 3 is 2.38 bits per heavy atom. The van der Waals surface area contributed by atoms with E-state index in [1.807, 2.05) is 48.7 Å². The molecule has 1 fully saturated rings. The van der Waals surface area contributed by atoms with E-state index in [1.165, 1.54) is 0 Å². The summed E-state index contributed by atoms with van der Waals surface area (Å²) in [6.07, 6.45) is 3.76. The van der Waals surface area contributed by atoms with Crippen LogP contribution < -0.4 is 4.74 Å². The summed E-state index contributed by atoms with van der Waals surface area (Å²) in [6.45, 7) is 11.3. The van der Waals surface area contributed by atoms with E-state index in [2.05, 4.69) is 52.9 Å². The first-order valence-corrected chi connectivity index (χ1v) is 12.5. The average molecular weight is 457 g/mol. The molecule has 4 rings (SSSR count). The van der Waals surface area contributed by atoms with E-state index < -0.39 is 5.41 Å². The number of piperazine rings is 1. The van der Waals surface area contributed by atoms with Gasteiger partial charge in [0, 0.05) is 44.3 Å². The molecule has 0 spiro atoms. The highest BCUT2D eigenvalue weighted by Gasteiger charge is 2.35. The number of rotatable bonds is 10. The lowest BCUT2D eigenvalue weighted by Gasteiger charge is -2.36. The zero-order chi connectivity index (χ0) is 23.8. The van der Waals surface area contributed by atoms with Gasteiger partial charge >= 0.3 is 0 Å². The number of fused-ring (bicyclic) bond motifs is 1. The molecule has 1 aliphatic rings. The van der Waals surface area contributed by atoms with Gasteiger partial charge in [-0.1, -0.05) is 50.2 Å². The zero-order valence-electron chi connectivity index (χ0n) is 20.5. The molecule has 3 aromatic rings. The minimum atomic E-state index is -0.405. The molecular formula is C29H36N4O. The summed E-state index contributed by atoms with van der Waals surface area (Å²) in [7, 11) is 0. The number of nitriles is 1. The molecule has 0 amide bonds. The fourth-order valence-electron chi connectivity index (χ4n) is 5.06. The van der Waals surface area contributed by atoms with E-state index >= 15 is 0 Å². The number of hydrogen-bond donors (Lipinski definition) is 0. The Balaban J connectivity index is 1.21. The minimum Gasteiger partial charge on any atom is -0.492 e. The predicted molar refractivity (Wildman–Crippen MR) is 138 cm³/mol. The van der Waals surface area contributed by atoms with Crippen molar-refractivity contribution in [3.63, 3.8) is 0 Å². The fraction of sp³-hybridized carbons (Fsp3) is 0.448. The molecule has 1 aliphatic heterocycles. The van der Waals surface area contributed by atoms with Crippen molar-refractivity contribution in [2.24, 2.45) is 5.92 Å². The van der Waals surface area contributed by atoms with Gasteiger partial charge in [-0.25, -0.2) is 0 Å². The number of ether oxygens (including phenoxy) is 1. The Kier molecular flexibility index (Phi) is 8.16. The van der Waals surface area contributed by atoms with Crippen LogP contribution in [0.1, 0.15) is 32.3 Å². The maximum atomic E-state index is 10.1. The van der Waals surface area contributed by atoms with Crippen LogP contribution in [0, 0.1) is 17.2 Å². The number of pyridine rings is 1. The number of nitrogens with zero attached hydrogens (tertiary/aromatic N) is 4. The van der Waals surface area contributed by atoms with Crippen molar-refractivity contribution < 1.29 is 4.74 Å². The molecule has 1 unspecified atom stereocenters. The third-order valence-corrected chi connectivity index (χ3v) is 7.26. The molecule has 1 aromatic heterocycles. The van der Waals surface area contributed by atoms with Gasteiger partial charge in [0.1, 0.15) is 12.4 Å². The van der Waals surface area contributed by atoms with E-state index in [-0.39, 0.29) is 5.92 Å². The van der Waals surface area contributed by atoms with Gasteiger partial charge in [-0.15, -0.1) is 0 Å². The Morgan fingerprint density at radius 1 is 0.941 bits per heavy atom. The van der Waals surface area contributed by atoms with Crippen molar-refractivity contribution in [3.8, 4) is 11.8 Å².